The summed E-state index contributed by atoms with van der Waals surface area (Å²) < 4.78 is 10.3. The second-order valence-electron chi connectivity index (χ2n) is 10.2. The molecule has 3 N–H and O–H groups in total. The number of nitrogens with one attached hydrogen (secondary N) is 2. The molecule has 1 aromatic rings. The van der Waals surface area contributed by atoms with Crippen LogP contribution >= 0.6 is 11.8 Å². The molecule has 0 spiro atoms. The first-order valence-electron chi connectivity index (χ1n) is 12.9. The maximum atomic E-state index is 14.0. The van der Waals surface area contributed by atoms with Crippen LogP contribution in [0.5, 0.6) is 5.75 Å². The topological polar surface area (TPSA) is 134 Å². The number of aryl methyl sites for hydroxylation is 1. The number of aromatic hydroxyl groups is 1. The Balaban J connectivity index is 2.41. The average molecular weight is 552 g/mol. The van der Waals surface area contributed by atoms with E-state index in [9.17, 15) is 24.3 Å². The van der Waals surface area contributed by atoms with E-state index in [0.717, 1.165) is 0 Å². The largest absolute Gasteiger partial charge is 0.507 e. The van der Waals surface area contributed by atoms with Crippen LogP contribution in [0.3, 0.4) is 0 Å². The molecular formula is C27H41N3O7S. The summed E-state index contributed by atoms with van der Waals surface area (Å²) in [4.78, 5) is 53.5. The Morgan fingerprint density at radius 2 is 1.89 bits per heavy atom. The first kappa shape index (κ1) is 31.3. The van der Waals surface area contributed by atoms with E-state index in [1.807, 2.05) is 6.26 Å². The number of hydrogen-bond donors (Lipinski definition) is 3. The second-order valence-corrected chi connectivity index (χ2v) is 11.2. The fourth-order valence-electron chi connectivity index (χ4n) is 3.93. The van der Waals surface area contributed by atoms with Crippen molar-refractivity contribution in [2.75, 3.05) is 25.2 Å². The van der Waals surface area contributed by atoms with Gasteiger partial charge in [0, 0.05) is 18.2 Å². The van der Waals surface area contributed by atoms with Gasteiger partial charge in [-0.05, 0) is 71.5 Å². The molecule has 3 amide bonds. The molecule has 11 heteroatoms. The smallest absolute Gasteiger partial charge is 0.408 e. The van der Waals surface area contributed by atoms with Crippen molar-refractivity contribution < 1.29 is 33.8 Å². The van der Waals surface area contributed by atoms with Crippen molar-refractivity contribution in [3.05, 3.63) is 29.3 Å². The lowest BCUT2D eigenvalue weighted by Gasteiger charge is -2.35. The Labute approximate surface area is 229 Å². The highest BCUT2D eigenvalue weighted by molar-refractivity contribution is 7.98. The molecule has 2 rings (SSSR count). The standard InChI is InChI=1S/C27H41N3O7S/c1-7-36-21(31)13-15-28-24(33)22(19-10-8-9-17(2)23(19)32)30(18-11-12-18)25(34)20(14-16-38-6)29-26(35)37-27(3,4)5/h8-10,18,20,22,32H,7,11-16H2,1-6H3,(H,28,33)(H,29,35). The predicted molar refractivity (Wildman–Crippen MR) is 146 cm³/mol. The molecule has 1 fully saturated rings. The summed E-state index contributed by atoms with van der Waals surface area (Å²) >= 11 is 1.53. The number of alkyl carbamates (subject to hydrolysis) is 1. The predicted octanol–water partition coefficient (Wildman–Crippen LogP) is 3.45. The minimum atomic E-state index is -1.16. The van der Waals surface area contributed by atoms with Gasteiger partial charge >= 0.3 is 12.1 Å². The van der Waals surface area contributed by atoms with E-state index in [1.165, 1.54) is 16.7 Å². The lowest BCUT2D eigenvalue weighted by atomic mass is 9.98. The summed E-state index contributed by atoms with van der Waals surface area (Å²) in [5.74, 6) is -0.902. The number of hydrogen-bond acceptors (Lipinski definition) is 8. The Kier molecular flexibility index (Phi) is 11.7. The number of nitrogens with zero attached hydrogens (tertiary/aromatic N) is 1. The van der Waals surface area contributed by atoms with E-state index in [1.54, 1.807) is 52.8 Å². The van der Waals surface area contributed by atoms with E-state index >= 15 is 0 Å². The molecule has 0 bridgehead atoms. The number of amides is 3. The third-order valence-corrected chi connectivity index (χ3v) is 6.46. The molecule has 212 valence electrons. The van der Waals surface area contributed by atoms with Crippen molar-refractivity contribution in [2.45, 2.75) is 84.0 Å². The molecule has 0 heterocycles. The number of ether oxygens (including phenoxy) is 2. The van der Waals surface area contributed by atoms with Crippen molar-refractivity contribution in [3.8, 4) is 5.75 Å². The second kappa shape index (κ2) is 14.3. The molecule has 2 unspecified atom stereocenters. The van der Waals surface area contributed by atoms with E-state index < -0.39 is 41.6 Å². The first-order valence-corrected chi connectivity index (χ1v) is 14.3. The number of benzene rings is 1. The van der Waals surface area contributed by atoms with Gasteiger partial charge in [0.05, 0.1) is 13.0 Å². The quantitative estimate of drug-likeness (QED) is 0.318. The van der Waals surface area contributed by atoms with E-state index in [4.69, 9.17) is 9.47 Å². The Morgan fingerprint density at radius 3 is 2.47 bits per heavy atom. The van der Waals surface area contributed by atoms with Gasteiger partial charge in [0.1, 0.15) is 23.4 Å². The zero-order valence-electron chi connectivity index (χ0n) is 23.2. The molecule has 0 radical (unpaired) electrons. The highest BCUT2D eigenvalue weighted by Gasteiger charge is 2.44. The molecular weight excluding hydrogens is 510 g/mol. The van der Waals surface area contributed by atoms with Gasteiger partial charge in [0.25, 0.3) is 0 Å². The molecule has 38 heavy (non-hydrogen) atoms. The van der Waals surface area contributed by atoms with Crippen LogP contribution < -0.4 is 10.6 Å². The van der Waals surface area contributed by atoms with Gasteiger partial charge in [0.2, 0.25) is 11.8 Å². The van der Waals surface area contributed by atoms with Crippen LogP contribution in [0, 0.1) is 6.92 Å². The molecule has 1 saturated carbocycles. The van der Waals surface area contributed by atoms with Gasteiger partial charge in [0.15, 0.2) is 0 Å². The minimum absolute atomic E-state index is 0.0134. The zero-order valence-corrected chi connectivity index (χ0v) is 24.0. The van der Waals surface area contributed by atoms with Crippen molar-refractivity contribution in [1.82, 2.24) is 15.5 Å². The van der Waals surface area contributed by atoms with Crippen LogP contribution in [0.1, 0.15) is 70.5 Å². The fraction of sp³-hybridized carbons (Fsp3) is 0.630. The highest BCUT2D eigenvalue weighted by Crippen LogP contribution is 2.39. The summed E-state index contributed by atoms with van der Waals surface area (Å²) in [5.41, 5.74) is 0.0859. The summed E-state index contributed by atoms with van der Waals surface area (Å²) in [6.45, 7) is 8.86. The SMILES string of the molecule is CCOC(=O)CCNC(=O)C(c1cccc(C)c1O)N(C(=O)C(CCSC)NC(=O)OC(C)(C)C)C1CC1. The molecule has 1 aliphatic carbocycles. The summed E-state index contributed by atoms with van der Waals surface area (Å²) in [6, 6.07) is 2.71. The van der Waals surface area contributed by atoms with Crippen molar-refractivity contribution in [2.24, 2.45) is 0 Å². The number of rotatable bonds is 13. The average Bonchev–Trinajstić information content (AvgIpc) is 3.66. The lowest BCUT2D eigenvalue weighted by Crippen LogP contribution is -2.54. The fourth-order valence-corrected chi connectivity index (χ4v) is 4.40. The van der Waals surface area contributed by atoms with Crippen molar-refractivity contribution in [1.29, 1.82) is 0 Å². The molecule has 2 atom stereocenters. The Morgan fingerprint density at radius 1 is 1.21 bits per heavy atom. The first-order chi connectivity index (χ1) is 17.9. The molecule has 10 nitrogen and oxygen atoms in total. The van der Waals surface area contributed by atoms with Gasteiger partial charge in [-0.1, -0.05) is 18.2 Å². The summed E-state index contributed by atoms with van der Waals surface area (Å²) in [6.07, 6.45) is 2.86. The molecule has 1 aromatic carbocycles. The number of carbonyl (C=O) groups is 4. The van der Waals surface area contributed by atoms with Crippen LogP contribution in [-0.2, 0) is 23.9 Å². The number of phenolic OH excluding ortho intramolecular Hbond substituents is 1. The zero-order chi connectivity index (χ0) is 28.5. The number of para-hydroxylation sites is 1. The van der Waals surface area contributed by atoms with Gasteiger partial charge in [-0.15, -0.1) is 0 Å². The van der Waals surface area contributed by atoms with Gasteiger partial charge < -0.3 is 30.1 Å². The van der Waals surface area contributed by atoms with Crippen LogP contribution in [0.2, 0.25) is 0 Å². The van der Waals surface area contributed by atoms with Crippen molar-refractivity contribution >= 4 is 35.6 Å². The van der Waals surface area contributed by atoms with Gasteiger partial charge in [-0.3, -0.25) is 14.4 Å². The molecule has 0 aliphatic heterocycles. The van der Waals surface area contributed by atoms with E-state index in [-0.39, 0.29) is 36.9 Å². The summed E-state index contributed by atoms with van der Waals surface area (Å²) in [5, 5.41) is 16.3. The minimum Gasteiger partial charge on any atom is -0.507 e. The number of thioether (sulfide) groups is 1. The molecule has 0 aromatic heterocycles. The molecule has 1 aliphatic rings. The van der Waals surface area contributed by atoms with E-state index in [2.05, 4.69) is 10.6 Å². The van der Waals surface area contributed by atoms with Gasteiger partial charge in [-0.25, -0.2) is 4.79 Å². The normalized spacial score (nSPS) is 14.7. The number of carbonyl (C=O) groups excluding carboxylic acids is 4. The maximum Gasteiger partial charge on any atom is 0.408 e. The lowest BCUT2D eigenvalue weighted by molar-refractivity contribution is -0.144. The van der Waals surface area contributed by atoms with Crippen LogP contribution in [-0.4, -0.2) is 76.7 Å². The third-order valence-electron chi connectivity index (χ3n) is 5.82. The van der Waals surface area contributed by atoms with E-state index in [0.29, 0.717) is 30.6 Å². The Hall–Kier alpha value is -2.95. The van der Waals surface area contributed by atoms with Crippen molar-refractivity contribution in [3.63, 3.8) is 0 Å². The maximum absolute atomic E-state index is 14.0. The number of esters is 1. The number of phenols is 1. The van der Waals surface area contributed by atoms with Crippen LogP contribution in [0.15, 0.2) is 18.2 Å². The van der Waals surface area contributed by atoms with Gasteiger partial charge in [-0.2, -0.15) is 11.8 Å². The monoisotopic (exact) mass is 551 g/mol. The Bertz CT molecular complexity index is 991. The molecule has 0 saturated heterocycles. The summed E-state index contributed by atoms with van der Waals surface area (Å²) in [7, 11) is 0. The third kappa shape index (κ3) is 9.41. The highest BCUT2D eigenvalue weighted by atomic mass is 32.2. The van der Waals surface area contributed by atoms with Crippen LogP contribution in [0.25, 0.3) is 0 Å². The van der Waals surface area contributed by atoms with Crippen LogP contribution in [0.4, 0.5) is 4.79 Å².